The topological polar surface area (TPSA) is 97.0 Å². The molecule has 2 aliphatic heterocycles. The third-order valence-electron chi connectivity index (χ3n) is 3.95. The fraction of sp³-hybridized carbons (Fsp3) is 0.800. The van der Waals surface area contributed by atoms with E-state index >= 15 is 0 Å². The van der Waals surface area contributed by atoms with Crippen molar-refractivity contribution < 1.29 is 23.9 Å². The number of methoxy groups -OCH3 is 1. The zero-order valence-corrected chi connectivity index (χ0v) is 14.0. The van der Waals surface area contributed by atoms with E-state index in [2.05, 4.69) is 10.6 Å². The van der Waals surface area contributed by atoms with Crippen LogP contribution in [0.4, 0.5) is 4.79 Å². The lowest BCUT2D eigenvalue weighted by molar-refractivity contribution is -0.152. The molecule has 3 atom stereocenters. The molecule has 8 nitrogen and oxygen atoms in total. The second-order valence-corrected chi connectivity index (χ2v) is 6.87. The van der Waals surface area contributed by atoms with E-state index in [0.29, 0.717) is 19.5 Å². The number of hydrogen-bond donors (Lipinski definition) is 2. The average Bonchev–Trinajstić information content (AvgIpc) is 2.80. The highest BCUT2D eigenvalue weighted by Gasteiger charge is 2.45. The van der Waals surface area contributed by atoms with Crippen molar-refractivity contribution in [1.29, 1.82) is 0 Å². The minimum absolute atomic E-state index is 0.0583. The standard InChI is InChI=1S/C15H25N3O5/c1-15(2,3)23-14(21)17-10-8-16-7-9-5-6-11(13(20)22-4)18(9)12(10)19/h9-11,16H,5-8H2,1-4H3,(H,17,21). The molecule has 2 fully saturated rings. The van der Waals surface area contributed by atoms with Gasteiger partial charge in [0.25, 0.3) is 0 Å². The maximum absolute atomic E-state index is 12.8. The predicted octanol–water partition coefficient (Wildman–Crippen LogP) is 0.0155. The van der Waals surface area contributed by atoms with Crippen molar-refractivity contribution in [3.05, 3.63) is 0 Å². The van der Waals surface area contributed by atoms with Crippen LogP contribution >= 0.6 is 0 Å². The zero-order valence-electron chi connectivity index (χ0n) is 14.0. The minimum atomic E-state index is -0.764. The van der Waals surface area contributed by atoms with Gasteiger partial charge >= 0.3 is 12.1 Å². The first-order valence-corrected chi connectivity index (χ1v) is 7.83. The summed E-state index contributed by atoms with van der Waals surface area (Å²) in [4.78, 5) is 38.1. The van der Waals surface area contributed by atoms with Crippen LogP contribution in [-0.4, -0.2) is 66.8 Å². The van der Waals surface area contributed by atoms with E-state index in [-0.39, 0.29) is 11.9 Å². The molecular formula is C15H25N3O5. The number of esters is 1. The first-order chi connectivity index (χ1) is 10.7. The van der Waals surface area contributed by atoms with Gasteiger partial charge in [-0.2, -0.15) is 0 Å². The van der Waals surface area contributed by atoms with Crippen molar-refractivity contribution in [3.8, 4) is 0 Å². The highest BCUT2D eigenvalue weighted by molar-refractivity contribution is 5.91. The van der Waals surface area contributed by atoms with Gasteiger partial charge in [0, 0.05) is 19.1 Å². The van der Waals surface area contributed by atoms with Crippen molar-refractivity contribution in [2.24, 2.45) is 0 Å². The van der Waals surface area contributed by atoms with Crippen LogP contribution in [0.5, 0.6) is 0 Å². The number of carbonyl (C=O) groups is 3. The molecule has 2 saturated heterocycles. The summed E-state index contributed by atoms with van der Waals surface area (Å²) in [5.74, 6) is -0.697. The molecule has 0 spiro atoms. The molecule has 0 aromatic heterocycles. The Balaban J connectivity index is 2.09. The number of amides is 2. The fourth-order valence-electron chi connectivity index (χ4n) is 3.01. The molecule has 130 valence electrons. The molecule has 8 heteroatoms. The van der Waals surface area contributed by atoms with Crippen molar-refractivity contribution in [3.63, 3.8) is 0 Å². The van der Waals surface area contributed by atoms with Gasteiger partial charge in [0.05, 0.1) is 7.11 Å². The number of rotatable bonds is 2. The Hall–Kier alpha value is -1.83. The minimum Gasteiger partial charge on any atom is -0.467 e. The average molecular weight is 327 g/mol. The van der Waals surface area contributed by atoms with Crippen LogP contribution in [0.2, 0.25) is 0 Å². The Morgan fingerprint density at radius 2 is 1.96 bits per heavy atom. The van der Waals surface area contributed by atoms with Gasteiger partial charge in [0.1, 0.15) is 17.7 Å². The van der Waals surface area contributed by atoms with Crippen molar-refractivity contribution in [2.75, 3.05) is 20.2 Å². The van der Waals surface area contributed by atoms with Gasteiger partial charge in [0.15, 0.2) is 0 Å². The van der Waals surface area contributed by atoms with E-state index in [0.717, 1.165) is 6.42 Å². The molecule has 0 aromatic carbocycles. The predicted molar refractivity (Wildman–Crippen MR) is 81.7 cm³/mol. The Kier molecular flexibility index (Phi) is 5.13. The summed E-state index contributed by atoms with van der Waals surface area (Å²) in [5.41, 5.74) is -0.643. The third-order valence-corrected chi connectivity index (χ3v) is 3.95. The van der Waals surface area contributed by atoms with E-state index in [1.54, 1.807) is 25.7 Å². The molecular weight excluding hydrogens is 302 g/mol. The van der Waals surface area contributed by atoms with Gasteiger partial charge < -0.3 is 25.0 Å². The van der Waals surface area contributed by atoms with Crippen LogP contribution in [0.25, 0.3) is 0 Å². The van der Waals surface area contributed by atoms with Crippen LogP contribution in [0.3, 0.4) is 0 Å². The quantitative estimate of drug-likeness (QED) is 0.694. The number of carbonyl (C=O) groups excluding carboxylic acids is 3. The van der Waals surface area contributed by atoms with E-state index in [9.17, 15) is 14.4 Å². The van der Waals surface area contributed by atoms with Crippen LogP contribution in [-0.2, 0) is 19.1 Å². The van der Waals surface area contributed by atoms with Crippen LogP contribution in [0, 0.1) is 0 Å². The summed E-state index contributed by atoms with van der Waals surface area (Å²) in [6.45, 7) is 6.15. The molecule has 2 amide bonds. The monoisotopic (exact) mass is 327 g/mol. The first-order valence-electron chi connectivity index (χ1n) is 7.83. The molecule has 2 aliphatic rings. The fourth-order valence-corrected chi connectivity index (χ4v) is 3.01. The molecule has 0 aromatic rings. The number of nitrogens with zero attached hydrogens (tertiary/aromatic N) is 1. The molecule has 2 rings (SSSR count). The molecule has 2 N–H and O–H groups in total. The SMILES string of the molecule is COC(=O)C1CCC2CNCC(NC(=O)OC(C)(C)C)C(=O)N21. The number of alkyl carbamates (subject to hydrolysis) is 1. The summed E-state index contributed by atoms with van der Waals surface area (Å²) >= 11 is 0. The van der Waals surface area contributed by atoms with Crippen molar-refractivity contribution in [2.45, 2.75) is 57.3 Å². The third kappa shape index (κ3) is 4.13. The number of ether oxygens (including phenoxy) is 2. The summed E-state index contributed by atoms with van der Waals surface area (Å²) in [5, 5.41) is 5.75. The molecule has 0 radical (unpaired) electrons. The highest BCUT2D eigenvalue weighted by Crippen LogP contribution is 2.27. The van der Waals surface area contributed by atoms with E-state index in [1.807, 2.05) is 0 Å². The number of hydrogen-bond acceptors (Lipinski definition) is 6. The summed E-state index contributed by atoms with van der Waals surface area (Å²) in [6, 6.07) is -1.41. The number of fused-ring (bicyclic) bond motifs is 1. The normalized spacial score (nSPS) is 27.9. The summed E-state index contributed by atoms with van der Waals surface area (Å²) in [7, 11) is 1.31. The molecule has 23 heavy (non-hydrogen) atoms. The lowest BCUT2D eigenvalue weighted by Gasteiger charge is -2.29. The Labute approximate surface area is 135 Å². The van der Waals surface area contributed by atoms with Crippen molar-refractivity contribution in [1.82, 2.24) is 15.5 Å². The lowest BCUT2D eigenvalue weighted by Crippen LogP contribution is -2.54. The van der Waals surface area contributed by atoms with E-state index in [1.165, 1.54) is 7.11 Å². The molecule has 3 unspecified atom stereocenters. The number of nitrogens with one attached hydrogen (secondary N) is 2. The summed E-state index contributed by atoms with van der Waals surface area (Å²) < 4.78 is 9.99. The zero-order chi connectivity index (χ0) is 17.2. The maximum atomic E-state index is 12.8. The second kappa shape index (κ2) is 6.74. The van der Waals surface area contributed by atoms with E-state index < -0.39 is 29.7 Å². The molecule has 0 saturated carbocycles. The Bertz CT molecular complexity index is 488. The van der Waals surface area contributed by atoms with Crippen molar-refractivity contribution >= 4 is 18.0 Å². The van der Waals surface area contributed by atoms with Gasteiger partial charge in [-0.1, -0.05) is 0 Å². The molecule has 0 bridgehead atoms. The largest absolute Gasteiger partial charge is 0.467 e. The highest BCUT2D eigenvalue weighted by atomic mass is 16.6. The van der Waals surface area contributed by atoms with Gasteiger partial charge in [-0.15, -0.1) is 0 Å². The van der Waals surface area contributed by atoms with Gasteiger partial charge in [0.2, 0.25) is 5.91 Å². The van der Waals surface area contributed by atoms with Gasteiger partial charge in [-0.25, -0.2) is 9.59 Å². The smallest absolute Gasteiger partial charge is 0.408 e. The van der Waals surface area contributed by atoms with Gasteiger partial charge in [-0.05, 0) is 33.6 Å². The summed E-state index contributed by atoms with van der Waals surface area (Å²) in [6.07, 6.45) is 0.659. The lowest BCUT2D eigenvalue weighted by atomic mass is 10.2. The molecule has 2 heterocycles. The molecule has 0 aliphatic carbocycles. The van der Waals surface area contributed by atoms with E-state index in [4.69, 9.17) is 9.47 Å². The van der Waals surface area contributed by atoms with Crippen LogP contribution in [0.1, 0.15) is 33.6 Å². The first kappa shape index (κ1) is 17.5. The Morgan fingerprint density at radius 1 is 1.26 bits per heavy atom. The van der Waals surface area contributed by atoms with Crippen LogP contribution < -0.4 is 10.6 Å². The Morgan fingerprint density at radius 3 is 2.57 bits per heavy atom. The second-order valence-electron chi connectivity index (χ2n) is 6.87. The van der Waals surface area contributed by atoms with Gasteiger partial charge in [-0.3, -0.25) is 4.79 Å². The van der Waals surface area contributed by atoms with Crippen LogP contribution in [0.15, 0.2) is 0 Å². The maximum Gasteiger partial charge on any atom is 0.408 e.